The number of hydrogen-bond acceptors (Lipinski definition) is 3. The number of benzene rings is 1. The van der Waals surface area contributed by atoms with Gasteiger partial charge in [-0.1, -0.05) is 35.5 Å². The molecular weight excluding hydrogens is 176 g/mol. The molecule has 2 rings (SSSR count). The first-order valence-corrected chi connectivity index (χ1v) is 4.22. The second-order valence-corrected chi connectivity index (χ2v) is 2.90. The Bertz CT molecular complexity index is 452. The fourth-order valence-corrected chi connectivity index (χ4v) is 1.20. The van der Waals surface area contributed by atoms with Crippen LogP contribution in [0.1, 0.15) is 11.3 Å². The lowest BCUT2D eigenvalue weighted by Crippen LogP contribution is -1.99. The molecule has 0 saturated carbocycles. The quantitative estimate of drug-likeness (QED) is 0.704. The van der Waals surface area contributed by atoms with E-state index in [1.54, 1.807) is 10.9 Å². The number of nitriles is 1. The zero-order valence-electron chi connectivity index (χ0n) is 7.46. The molecule has 1 heterocycles. The van der Waals surface area contributed by atoms with Gasteiger partial charge in [0.15, 0.2) is 5.69 Å². The molecule has 0 unspecified atom stereocenters. The van der Waals surface area contributed by atoms with E-state index in [0.717, 1.165) is 5.56 Å². The molecule has 0 aliphatic rings. The van der Waals surface area contributed by atoms with Crippen LogP contribution in [0, 0.1) is 11.3 Å². The summed E-state index contributed by atoms with van der Waals surface area (Å²) in [4.78, 5) is 0. The van der Waals surface area contributed by atoms with Crippen molar-refractivity contribution in [1.29, 1.82) is 5.26 Å². The van der Waals surface area contributed by atoms with Crippen LogP contribution in [0.2, 0.25) is 0 Å². The second kappa shape index (κ2) is 3.71. The second-order valence-electron chi connectivity index (χ2n) is 2.90. The summed E-state index contributed by atoms with van der Waals surface area (Å²) in [6.45, 7) is 0.648. The van der Waals surface area contributed by atoms with Crippen LogP contribution >= 0.6 is 0 Å². The van der Waals surface area contributed by atoms with Crippen LogP contribution in [0.5, 0.6) is 0 Å². The molecule has 0 fully saturated rings. The normalized spacial score (nSPS) is 9.64. The number of rotatable bonds is 2. The summed E-state index contributed by atoms with van der Waals surface area (Å²) in [5, 5.41) is 16.1. The Morgan fingerprint density at radius 2 is 2.07 bits per heavy atom. The topological polar surface area (TPSA) is 54.5 Å². The van der Waals surface area contributed by atoms with Crippen LogP contribution in [0.25, 0.3) is 0 Å². The summed E-state index contributed by atoms with van der Waals surface area (Å²) in [7, 11) is 0. The largest absolute Gasteiger partial charge is 0.247 e. The molecule has 1 aromatic carbocycles. The minimum absolute atomic E-state index is 0.348. The molecule has 2 aromatic rings. The van der Waals surface area contributed by atoms with E-state index in [0.29, 0.717) is 12.2 Å². The van der Waals surface area contributed by atoms with E-state index in [-0.39, 0.29) is 0 Å². The van der Waals surface area contributed by atoms with Gasteiger partial charge in [-0.3, -0.25) is 0 Å². The number of aromatic nitrogens is 3. The maximum atomic E-state index is 8.55. The molecule has 0 radical (unpaired) electrons. The van der Waals surface area contributed by atoms with Gasteiger partial charge in [0.25, 0.3) is 0 Å². The molecule has 0 amide bonds. The molecule has 0 aliphatic heterocycles. The van der Waals surface area contributed by atoms with Gasteiger partial charge in [0, 0.05) is 0 Å². The highest BCUT2D eigenvalue weighted by atomic mass is 15.4. The molecule has 1 aromatic heterocycles. The average molecular weight is 184 g/mol. The summed E-state index contributed by atoms with van der Waals surface area (Å²) >= 11 is 0. The molecule has 0 bridgehead atoms. The Balaban J connectivity index is 2.16. The van der Waals surface area contributed by atoms with Crippen molar-refractivity contribution in [1.82, 2.24) is 15.0 Å². The van der Waals surface area contributed by atoms with Crippen LogP contribution in [-0.2, 0) is 6.54 Å². The maximum absolute atomic E-state index is 8.55. The minimum atomic E-state index is 0.348. The van der Waals surface area contributed by atoms with Gasteiger partial charge in [0.05, 0.1) is 12.7 Å². The third kappa shape index (κ3) is 1.77. The molecule has 4 heteroatoms. The fraction of sp³-hybridized carbons (Fsp3) is 0.100. The Hall–Kier alpha value is -2.15. The molecule has 0 atom stereocenters. The third-order valence-electron chi connectivity index (χ3n) is 1.84. The van der Waals surface area contributed by atoms with Gasteiger partial charge >= 0.3 is 0 Å². The van der Waals surface area contributed by atoms with Crippen LogP contribution in [0.4, 0.5) is 0 Å². The third-order valence-corrected chi connectivity index (χ3v) is 1.84. The molecule has 68 valence electrons. The maximum Gasteiger partial charge on any atom is 0.182 e. The number of nitrogens with zero attached hydrogens (tertiary/aromatic N) is 4. The van der Waals surface area contributed by atoms with Crippen LogP contribution in [-0.4, -0.2) is 15.0 Å². The van der Waals surface area contributed by atoms with E-state index >= 15 is 0 Å². The number of hydrogen-bond donors (Lipinski definition) is 0. The lowest BCUT2D eigenvalue weighted by atomic mass is 10.2. The Kier molecular flexibility index (Phi) is 2.24. The van der Waals surface area contributed by atoms with Gasteiger partial charge in [-0.15, -0.1) is 5.10 Å². The van der Waals surface area contributed by atoms with E-state index in [1.165, 1.54) is 0 Å². The highest BCUT2D eigenvalue weighted by Crippen LogP contribution is 2.01. The molecule has 0 N–H and O–H groups in total. The van der Waals surface area contributed by atoms with E-state index in [9.17, 15) is 0 Å². The zero-order valence-corrected chi connectivity index (χ0v) is 7.46. The van der Waals surface area contributed by atoms with Gasteiger partial charge in [-0.25, -0.2) is 4.68 Å². The summed E-state index contributed by atoms with van der Waals surface area (Å²) < 4.78 is 1.65. The monoisotopic (exact) mass is 184 g/mol. The minimum Gasteiger partial charge on any atom is -0.247 e. The molecule has 0 spiro atoms. The van der Waals surface area contributed by atoms with Crippen molar-refractivity contribution in [3.63, 3.8) is 0 Å². The Labute approximate surface area is 81.4 Å². The lowest BCUT2D eigenvalue weighted by Gasteiger charge is -1.98. The van der Waals surface area contributed by atoms with Crippen molar-refractivity contribution in [2.24, 2.45) is 0 Å². The average Bonchev–Trinajstić information content (AvgIpc) is 2.67. The highest BCUT2D eigenvalue weighted by Gasteiger charge is 1.98. The van der Waals surface area contributed by atoms with Gasteiger partial charge in [0.1, 0.15) is 6.07 Å². The predicted octanol–water partition coefficient (Wildman–Crippen LogP) is 1.20. The first-order valence-electron chi connectivity index (χ1n) is 4.22. The first-order chi connectivity index (χ1) is 6.88. The SMILES string of the molecule is N#Cc1cn(Cc2ccccc2)nn1. The highest BCUT2D eigenvalue weighted by molar-refractivity contribution is 5.17. The van der Waals surface area contributed by atoms with Crippen molar-refractivity contribution in [3.05, 3.63) is 47.8 Å². The van der Waals surface area contributed by atoms with Crippen molar-refractivity contribution >= 4 is 0 Å². The van der Waals surface area contributed by atoms with Gasteiger partial charge in [-0.2, -0.15) is 5.26 Å². The van der Waals surface area contributed by atoms with Crippen LogP contribution in [0.3, 0.4) is 0 Å². The summed E-state index contributed by atoms with van der Waals surface area (Å²) in [6.07, 6.45) is 1.63. The molecule has 14 heavy (non-hydrogen) atoms. The Morgan fingerprint density at radius 3 is 2.71 bits per heavy atom. The fourth-order valence-electron chi connectivity index (χ4n) is 1.20. The summed E-state index contributed by atoms with van der Waals surface area (Å²) in [6, 6.07) is 11.9. The van der Waals surface area contributed by atoms with Gasteiger partial charge in [-0.05, 0) is 5.56 Å². The zero-order chi connectivity index (χ0) is 9.80. The summed E-state index contributed by atoms with van der Waals surface area (Å²) in [5.41, 5.74) is 1.49. The van der Waals surface area contributed by atoms with Gasteiger partial charge in [0.2, 0.25) is 0 Å². The Morgan fingerprint density at radius 1 is 1.29 bits per heavy atom. The smallest absolute Gasteiger partial charge is 0.182 e. The first kappa shape index (κ1) is 8.45. The van der Waals surface area contributed by atoms with Crippen molar-refractivity contribution in [2.75, 3.05) is 0 Å². The standard InChI is InChI=1S/C10H8N4/c11-6-10-8-14(13-12-10)7-9-4-2-1-3-5-9/h1-5,8H,7H2. The predicted molar refractivity (Wildman–Crippen MR) is 50.3 cm³/mol. The van der Waals surface area contributed by atoms with Crippen molar-refractivity contribution in [3.8, 4) is 6.07 Å². The molecular formula is C10H8N4. The van der Waals surface area contributed by atoms with Crippen molar-refractivity contribution in [2.45, 2.75) is 6.54 Å². The van der Waals surface area contributed by atoms with Crippen molar-refractivity contribution < 1.29 is 0 Å². The molecule has 0 saturated heterocycles. The summed E-state index contributed by atoms with van der Waals surface area (Å²) in [5.74, 6) is 0. The van der Waals surface area contributed by atoms with E-state index < -0.39 is 0 Å². The van der Waals surface area contributed by atoms with Crippen LogP contribution in [0.15, 0.2) is 36.5 Å². The van der Waals surface area contributed by atoms with Gasteiger partial charge < -0.3 is 0 Å². The molecule has 4 nitrogen and oxygen atoms in total. The van der Waals surface area contributed by atoms with E-state index in [1.807, 2.05) is 36.4 Å². The van der Waals surface area contributed by atoms with E-state index in [2.05, 4.69) is 10.3 Å². The lowest BCUT2D eigenvalue weighted by molar-refractivity contribution is 0.649. The molecule has 0 aliphatic carbocycles. The van der Waals surface area contributed by atoms with Crippen LogP contribution < -0.4 is 0 Å². The van der Waals surface area contributed by atoms with E-state index in [4.69, 9.17) is 5.26 Å².